The molecule has 132 valence electrons. The number of aromatic nitrogens is 2. The molecule has 1 aliphatic rings. The number of aromatic amines is 1. The van der Waals surface area contributed by atoms with Gasteiger partial charge in [-0.2, -0.15) is 0 Å². The highest BCUT2D eigenvalue weighted by Crippen LogP contribution is 2.30. The molecule has 1 atom stereocenters. The van der Waals surface area contributed by atoms with Crippen LogP contribution in [-0.2, 0) is 17.8 Å². The number of H-pyrrole nitrogens is 1. The molecule has 6 nitrogen and oxygen atoms in total. The number of carbonyl (C=O) groups excluding carboxylic acids is 1. The van der Waals surface area contributed by atoms with Crippen LogP contribution in [-0.4, -0.2) is 15.7 Å². The molecular formula is C20H19N3O3. The van der Waals surface area contributed by atoms with Crippen molar-refractivity contribution in [2.75, 3.05) is 0 Å². The summed E-state index contributed by atoms with van der Waals surface area (Å²) < 4.78 is 1.22. The van der Waals surface area contributed by atoms with Gasteiger partial charge in [0.05, 0.1) is 23.4 Å². The maximum Gasteiger partial charge on any atom is 0.273 e. The van der Waals surface area contributed by atoms with Crippen LogP contribution in [0.1, 0.15) is 30.0 Å². The van der Waals surface area contributed by atoms with Crippen LogP contribution in [0.2, 0.25) is 0 Å². The van der Waals surface area contributed by atoms with E-state index in [4.69, 9.17) is 0 Å². The lowest BCUT2D eigenvalue weighted by molar-refractivity contribution is -0.122. The zero-order valence-corrected chi connectivity index (χ0v) is 14.2. The van der Waals surface area contributed by atoms with Crippen molar-refractivity contribution in [1.82, 2.24) is 15.1 Å². The molecule has 0 saturated heterocycles. The van der Waals surface area contributed by atoms with Crippen LogP contribution >= 0.6 is 0 Å². The molecule has 26 heavy (non-hydrogen) atoms. The molecular weight excluding hydrogens is 330 g/mol. The summed E-state index contributed by atoms with van der Waals surface area (Å²) >= 11 is 0. The van der Waals surface area contributed by atoms with Gasteiger partial charge in [-0.1, -0.05) is 36.4 Å². The second-order valence-corrected chi connectivity index (χ2v) is 6.55. The summed E-state index contributed by atoms with van der Waals surface area (Å²) in [5.41, 5.74) is 1.81. The summed E-state index contributed by atoms with van der Waals surface area (Å²) in [6, 6.07) is 14.8. The van der Waals surface area contributed by atoms with Gasteiger partial charge in [0.25, 0.3) is 11.1 Å². The third-order valence-corrected chi connectivity index (χ3v) is 4.91. The van der Waals surface area contributed by atoms with E-state index >= 15 is 0 Å². The number of hydrogen-bond acceptors (Lipinski definition) is 3. The molecule has 0 unspecified atom stereocenters. The molecule has 1 amide bonds. The zero-order chi connectivity index (χ0) is 18.1. The summed E-state index contributed by atoms with van der Waals surface area (Å²) in [4.78, 5) is 36.9. The Morgan fingerprint density at radius 3 is 2.65 bits per heavy atom. The molecule has 4 rings (SSSR count). The Morgan fingerprint density at radius 2 is 1.81 bits per heavy atom. The average molecular weight is 349 g/mol. The maximum atomic E-state index is 12.5. The van der Waals surface area contributed by atoms with E-state index in [-0.39, 0.29) is 36.0 Å². The third-order valence-electron chi connectivity index (χ3n) is 4.91. The van der Waals surface area contributed by atoms with Gasteiger partial charge < -0.3 is 5.32 Å². The molecule has 0 spiro atoms. The van der Waals surface area contributed by atoms with Crippen molar-refractivity contribution < 1.29 is 4.79 Å². The van der Waals surface area contributed by atoms with E-state index in [1.165, 1.54) is 10.2 Å². The first-order chi connectivity index (χ1) is 12.6. The highest BCUT2D eigenvalue weighted by atomic mass is 16.2. The number of nitrogens with one attached hydrogen (secondary N) is 2. The molecule has 2 aromatic carbocycles. The number of amides is 1. The highest BCUT2D eigenvalue weighted by Gasteiger charge is 2.23. The van der Waals surface area contributed by atoms with E-state index in [0.717, 1.165) is 18.4 Å². The van der Waals surface area contributed by atoms with Crippen LogP contribution in [0, 0.1) is 0 Å². The normalized spacial score (nSPS) is 15.8. The second kappa shape index (κ2) is 6.63. The third kappa shape index (κ3) is 2.94. The van der Waals surface area contributed by atoms with E-state index in [2.05, 4.69) is 16.5 Å². The number of rotatable bonds is 4. The predicted octanol–water partition coefficient (Wildman–Crippen LogP) is 1.88. The van der Waals surface area contributed by atoms with Crippen LogP contribution in [0.5, 0.6) is 0 Å². The highest BCUT2D eigenvalue weighted by molar-refractivity contribution is 5.80. The molecule has 6 heteroatoms. The lowest BCUT2D eigenvalue weighted by atomic mass is 10.1. The van der Waals surface area contributed by atoms with Gasteiger partial charge >= 0.3 is 0 Å². The molecule has 1 aliphatic carbocycles. The summed E-state index contributed by atoms with van der Waals surface area (Å²) in [6.07, 6.45) is 1.98. The summed E-state index contributed by atoms with van der Waals surface area (Å²) in [5, 5.41) is 6.31. The van der Waals surface area contributed by atoms with Gasteiger partial charge in [-0.25, -0.2) is 4.68 Å². The van der Waals surface area contributed by atoms with E-state index in [1.54, 1.807) is 24.3 Å². The van der Waals surface area contributed by atoms with Crippen LogP contribution in [0.25, 0.3) is 10.8 Å². The van der Waals surface area contributed by atoms with Gasteiger partial charge in [0.2, 0.25) is 5.91 Å². The van der Waals surface area contributed by atoms with E-state index < -0.39 is 0 Å². The molecule has 3 aromatic rings. The van der Waals surface area contributed by atoms with Crippen molar-refractivity contribution in [2.24, 2.45) is 0 Å². The average Bonchev–Trinajstić information content (AvgIpc) is 3.06. The molecule has 0 fully saturated rings. The number of carbonyl (C=O) groups is 1. The van der Waals surface area contributed by atoms with Crippen molar-refractivity contribution in [3.05, 3.63) is 80.4 Å². The van der Waals surface area contributed by atoms with E-state index in [1.807, 2.05) is 18.2 Å². The van der Waals surface area contributed by atoms with Crippen molar-refractivity contribution in [1.29, 1.82) is 0 Å². The molecule has 0 aliphatic heterocycles. The minimum Gasteiger partial charge on any atom is -0.349 e. The summed E-state index contributed by atoms with van der Waals surface area (Å²) in [6.45, 7) is 0.138. The van der Waals surface area contributed by atoms with Gasteiger partial charge in [0, 0.05) is 6.42 Å². The van der Waals surface area contributed by atoms with Crippen molar-refractivity contribution in [3.8, 4) is 0 Å². The molecule has 2 N–H and O–H groups in total. The topological polar surface area (TPSA) is 84.0 Å². The fraction of sp³-hybridized carbons (Fsp3) is 0.250. The number of benzene rings is 2. The smallest absolute Gasteiger partial charge is 0.273 e. The fourth-order valence-corrected chi connectivity index (χ4v) is 3.59. The minimum atomic E-state index is -0.328. The SMILES string of the molecule is O=C(CCn1[nH]c(=O)c2ccccc2c1=O)N[C@H]1CCc2ccccc21. The summed E-state index contributed by atoms with van der Waals surface area (Å²) in [5.74, 6) is -0.132. The zero-order valence-electron chi connectivity index (χ0n) is 14.2. The Balaban J connectivity index is 1.47. The molecule has 1 aromatic heterocycles. The first kappa shape index (κ1) is 16.3. The van der Waals surface area contributed by atoms with Gasteiger partial charge in [0.15, 0.2) is 0 Å². The van der Waals surface area contributed by atoms with Crippen molar-refractivity contribution in [2.45, 2.75) is 31.8 Å². The van der Waals surface area contributed by atoms with Crippen LogP contribution in [0.15, 0.2) is 58.1 Å². The Hall–Kier alpha value is -3.15. The van der Waals surface area contributed by atoms with Gasteiger partial charge in [-0.05, 0) is 36.1 Å². The van der Waals surface area contributed by atoms with Crippen LogP contribution in [0.3, 0.4) is 0 Å². The first-order valence-electron chi connectivity index (χ1n) is 8.72. The van der Waals surface area contributed by atoms with Crippen LogP contribution < -0.4 is 16.4 Å². The lowest BCUT2D eigenvalue weighted by Gasteiger charge is -2.14. The quantitative estimate of drug-likeness (QED) is 0.754. The number of hydrogen-bond donors (Lipinski definition) is 2. The summed E-state index contributed by atoms with van der Waals surface area (Å²) in [7, 11) is 0. The standard InChI is InChI=1S/C20H19N3O3/c24-18(21-17-10-9-13-5-1-2-6-14(13)17)11-12-23-20(26)16-8-4-3-7-15(16)19(25)22-23/h1-8,17H,9-12H2,(H,21,24)(H,22,25)/t17-/m0/s1. The number of aryl methyl sites for hydroxylation is 2. The lowest BCUT2D eigenvalue weighted by Crippen LogP contribution is -2.33. The number of fused-ring (bicyclic) bond motifs is 2. The maximum absolute atomic E-state index is 12.5. The van der Waals surface area contributed by atoms with Gasteiger partial charge in [0.1, 0.15) is 0 Å². The predicted molar refractivity (Wildman–Crippen MR) is 99.1 cm³/mol. The second-order valence-electron chi connectivity index (χ2n) is 6.55. The van der Waals surface area contributed by atoms with E-state index in [9.17, 15) is 14.4 Å². The van der Waals surface area contributed by atoms with Crippen LogP contribution in [0.4, 0.5) is 0 Å². The Morgan fingerprint density at radius 1 is 1.08 bits per heavy atom. The Bertz CT molecular complexity index is 1100. The Kier molecular flexibility index (Phi) is 4.16. The Labute approximate surface area is 149 Å². The van der Waals surface area contributed by atoms with Crippen molar-refractivity contribution >= 4 is 16.7 Å². The number of nitrogens with zero attached hydrogens (tertiary/aromatic N) is 1. The molecule has 0 radical (unpaired) electrons. The largest absolute Gasteiger partial charge is 0.349 e. The first-order valence-corrected chi connectivity index (χ1v) is 8.72. The minimum absolute atomic E-state index is 0.0195. The van der Waals surface area contributed by atoms with E-state index in [0.29, 0.717) is 10.8 Å². The molecule has 1 heterocycles. The van der Waals surface area contributed by atoms with Gasteiger partial charge in [-0.15, -0.1) is 0 Å². The fourth-order valence-electron chi connectivity index (χ4n) is 3.59. The van der Waals surface area contributed by atoms with Gasteiger partial charge in [-0.3, -0.25) is 19.5 Å². The van der Waals surface area contributed by atoms with Crippen molar-refractivity contribution in [3.63, 3.8) is 0 Å². The molecule has 0 saturated carbocycles. The molecule has 0 bridgehead atoms. The monoisotopic (exact) mass is 349 g/mol.